The van der Waals surface area contributed by atoms with Crippen LogP contribution in [0.2, 0.25) is 0 Å². The van der Waals surface area contributed by atoms with E-state index < -0.39 is 0 Å². The van der Waals surface area contributed by atoms with E-state index in [0.717, 1.165) is 28.3 Å². The summed E-state index contributed by atoms with van der Waals surface area (Å²) in [5.41, 5.74) is 4.71. The van der Waals surface area contributed by atoms with E-state index in [4.69, 9.17) is 4.74 Å². The monoisotopic (exact) mass is 360 g/mol. The minimum Gasteiger partial charge on any atom is -0.481 e. The average molecular weight is 360 g/mol. The summed E-state index contributed by atoms with van der Waals surface area (Å²) >= 11 is 0. The zero-order chi connectivity index (χ0) is 18.8. The molecule has 7 heteroatoms. The third-order valence-electron chi connectivity index (χ3n) is 4.29. The average Bonchev–Trinajstić information content (AvgIpc) is 3.13. The standard InChI is InChI=1S/C20H20N6O/c1-25(2)16-6-4-5-15(11-16)24-19-20-23-13-17(26(20)10-9-21-19)14-7-8-18(27-3)22-12-14/h4-13H,1-3H3,(H,21,24). The largest absolute Gasteiger partial charge is 0.481 e. The topological polar surface area (TPSA) is 67.6 Å². The Kier molecular flexibility index (Phi) is 4.33. The van der Waals surface area contributed by atoms with Gasteiger partial charge < -0.3 is 15.0 Å². The number of fused-ring (bicyclic) bond motifs is 1. The van der Waals surface area contributed by atoms with Crippen LogP contribution in [0, 0.1) is 0 Å². The van der Waals surface area contributed by atoms with E-state index in [2.05, 4.69) is 37.3 Å². The van der Waals surface area contributed by atoms with Crippen molar-refractivity contribution in [2.45, 2.75) is 0 Å². The van der Waals surface area contributed by atoms with Gasteiger partial charge in [-0.05, 0) is 24.3 Å². The number of benzene rings is 1. The molecule has 4 aromatic rings. The van der Waals surface area contributed by atoms with Crippen molar-refractivity contribution in [2.75, 3.05) is 31.4 Å². The Morgan fingerprint density at radius 2 is 1.93 bits per heavy atom. The number of nitrogens with zero attached hydrogens (tertiary/aromatic N) is 5. The summed E-state index contributed by atoms with van der Waals surface area (Å²) in [5, 5.41) is 3.37. The molecule has 0 bridgehead atoms. The number of nitrogens with one attached hydrogen (secondary N) is 1. The van der Waals surface area contributed by atoms with Crippen molar-refractivity contribution in [1.82, 2.24) is 19.4 Å². The number of rotatable bonds is 5. The molecule has 0 atom stereocenters. The molecule has 3 aromatic heterocycles. The van der Waals surface area contributed by atoms with Crippen molar-refractivity contribution in [3.05, 3.63) is 61.2 Å². The van der Waals surface area contributed by atoms with Gasteiger partial charge in [-0.1, -0.05) is 6.07 Å². The fraction of sp³-hybridized carbons (Fsp3) is 0.150. The molecule has 7 nitrogen and oxygen atoms in total. The van der Waals surface area contributed by atoms with Crippen molar-refractivity contribution < 1.29 is 4.74 Å². The quantitative estimate of drug-likeness (QED) is 0.586. The van der Waals surface area contributed by atoms with Gasteiger partial charge in [0.1, 0.15) is 0 Å². The van der Waals surface area contributed by atoms with Crippen molar-refractivity contribution >= 4 is 22.8 Å². The SMILES string of the molecule is COc1ccc(-c2cnc3c(Nc4cccc(N(C)C)c4)nccn23)cn1. The second kappa shape index (κ2) is 6.95. The molecule has 0 aliphatic carbocycles. The minimum absolute atomic E-state index is 0.581. The lowest BCUT2D eigenvalue weighted by Gasteiger charge is -2.14. The van der Waals surface area contributed by atoms with Crippen LogP contribution < -0.4 is 15.0 Å². The van der Waals surface area contributed by atoms with Crippen LogP contribution in [0.1, 0.15) is 0 Å². The maximum absolute atomic E-state index is 5.13. The van der Waals surface area contributed by atoms with Crippen LogP contribution in [0.25, 0.3) is 16.9 Å². The van der Waals surface area contributed by atoms with Gasteiger partial charge in [0, 0.05) is 55.7 Å². The predicted molar refractivity (Wildman–Crippen MR) is 107 cm³/mol. The highest BCUT2D eigenvalue weighted by Crippen LogP contribution is 2.26. The lowest BCUT2D eigenvalue weighted by molar-refractivity contribution is 0.398. The van der Waals surface area contributed by atoms with E-state index in [0.29, 0.717) is 11.7 Å². The van der Waals surface area contributed by atoms with Crippen molar-refractivity contribution in [3.63, 3.8) is 0 Å². The lowest BCUT2D eigenvalue weighted by atomic mass is 10.2. The summed E-state index contributed by atoms with van der Waals surface area (Å²) in [7, 11) is 5.63. The lowest BCUT2D eigenvalue weighted by Crippen LogP contribution is -2.08. The molecule has 0 fully saturated rings. The second-order valence-electron chi connectivity index (χ2n) is 6.27. The molecule has 4 rings (SSSR count). The van der Waals surface area contributed by atoms with Gasteiger partial charge in [-0.2, -0.15) is 0 Å². The molecule has 0 saturated heterocycles. The summed E-state index contributed by atoms with van der Waals surface area (Å²) in [4.78, 5) is 15.4. The number of hydrogen-bond donors (Lipinski definition) is 1. The van der Waals surface area contributed by atoms with Gasteiger partial charge in [-0.3, -0.25) is 4.40 Å². The Morgan fingerprint density at radius 1 is 1.04 bits per heavy atom. The smallest absolute Gasteiger partial charge is 0.212 e. The Hall–Kier alpha value is -3.61. The number of anilines is 3. The molecule has 0 spiro atoms. The van der Waals surface area contributed by atoms with E-state index in [-0.39, 0.29) is 0 Å². The van der Waals surface area contributed by atoms with E-state index >= 15 is 0 Å². The number of hydrogen-bond acceptors (Lipinski definition) is 6. The zero-order valence-electron chi connectivity index (χ0n) is 15.4. The van der Waals surface area contributed by atoms with Gasteiger partial charge >= 0.3 is 0 Å². The van der Waals surface area contributed by atoms with Crippen LogP contribution in [-0.2, 0) is 0 Å². The molecule has 0 aliphatic rings. The van der Waals surface area contributed by atoms with Gasteiger partial charge in [-0.15, -0.1) is 0 Å². The molecule has 27 heavy (non-hydrogen) atoms. The van der Waals surface area contributed by atoms with Gasteiger partial charge in [0.2, 0.25) is 5.88 Å². The van der Waals surface area contributed by atoms with E-state index in [1.54, 1.807) is 19.5 Å². The minimum atomic E-state index is 0.581. The molecular weight excluding hydrogens is 340 g/mol. The highest BCUT2D eigenvalue weighted by molar-refractivity contribution is 5.75. The van der Waals surface area contributed by atoms with E-state index in [9.17, 15) is 0 Å². The zero-order valence-corrected chi connectivity index (χ0v) is 15.4. The molecule has 0 amide bonds. The molecule has 1 aromatic carbocycles. The maximum atomic E-state index is 5.13. The highest BCUT2D eigenvalue weighted by Gasteiger charge is 2.11. The van der Waals surface area contributed by atoms with Gasteiger partial charge in [0.15, 0.2) is 11.5 Å². The number of ether oxygens (including phenoxy) is 1. The van der Waals surface area contributed by atoms with Crippen molar-refractivity contribution in [2.24, 2.45) is 0 Å². The third-order valence-corrected chi connectivity index (χ3v) is 4.29. The van der Waals surface area contributed by atoms with Crippen molar-refractivity contribution in [1.29, 1.82) is 0 Å². The number of imidazole rings is 1. The molecule has 0 radical (unpaired) electrons. The van der Waals surface area contributed by atoms with Crippen LogP contribution in [0.15, 0.2) is 61.2 Å². The van der Waals surface area contributed by atoms with Gasteiger partial charge in [-0.25, -0.2) is 15.0 Å². The first kappa shape index (κ1) is 16.8. The molecule has 0 aliphatic heterocycles. The van der Waals surface area contributed by atoms with Gasteiger partial charge in [0.05, 0.1) is 19.0 Å². The van der Waals surface area contributed by atoms with Crippen LogP contribution >= 0.6 is 0 Å². The summed E-state index contributed by atoms with van der Waals surface area (Å²) in [6.07, 6.45) is 7.24. The Morgan fingerprint density at radius 3 is 2.67 bits per heavy atom. The number of pyridine rings is 1. The third kappa shape index (κ3) is 3.27. The van der Waals surface area contributed by atoms with Crippen LogP contribution in [-0.4, -0.2) is 40.6 Å². The van der Waals surface area contributed by atoms with E-state index in [1.807, 2.05) is 55.2 Å². The molecule has 1 N–H and O–H groups in total. The normalized spacial score (nSPS) is 10.8. The predicted octanol–water partition coefficient (Wildman–Crippen LogP) is 3.61. The summed E-state index contributed by atoms with van der Waals surface area (Å²) < 4.78 is 7.12. The Bertz CT molecular complexity index is 1070. The maximum Gasteiger partial charge on any atom is 0.212 e. The Labute approximate surface area is 157 Å². The van der Waals surface area contributed by atoms with Gasteiger partial charge in [0.25, 0.3) is 0 Å². The summed E-state index contributed by atoms with van der Waals surface area (Å²) in [6.45, 7) is 0. The van der Waals surface area contributed by atoms with Crippen molar-refractivity contribution in [3.8, 4) is 17.1 Å². The summed E-state index contributed by atoms with van der Waals surface area (Å²) in [5.74, 6) is 1.28. The highest BCUT2D eigenvalue weighted by atomic mass is 16.5. The molecular formula is C20H20N6O. The summed E-state index contributed by atoms with van der Waals surface area (Å²) in [6, 6.07) is 11.9. The molecule has 0 unspecified atom stereocenters. The molecule has 0 saturated carbocycles. The number of methoxy groups -OCH3 is 1. The molecule has 3 heterocycles. The van der Waals surface area contributed by atoms with Crippen LogP contribution in [0.3, 0.4) is 0 Å². The van der Waals surface area contributed by atoms with Crippen LogP contribution in [0.5, 0.6) is 5.88 Å². The van der Waals surface area contributed by atoms with E-state index in [1.165, 1.54) is 0 Å². The Balaban J connectivity index is 1.71. The second-order valence-corrected chi connectivity index (χ2v) is 6.27. The fourth-order valence-electron chi connectivity index (χ4n) is 2.87. The first-order valence-electron chi connectivity index (χ1n) is 8.52. The van der Waals surface area contributed by atoms with Crippen LogP contribution in [0.4, 0.5) is 17.2 Å². The number of aromatic nitrogens is 4. The molecule has 136 valence electrons. The fourth-order valence-corrected chi connectivity index (χ4v) is 2.87. The first-order chi connectivity index (χ1) is 13.2. The first-order valence-corrected chi connectivity index (χ1v) is 8.52.